The second-order valence-corrected chi connectivity index (χ2v) is 9.81. The molecule has 3 aliphatic rings. The molecule has 4 rings (SSSR count). The highest BCUT2D eigenvalue weighted by Crippen LogP contribution is 2.37. The summed E-state index contributed by atoms with van der Waals surface area (Å²) in [5, 5.41) is 3.30. The van der Waals surface area contributed by atoms with E-state index in [9.17, 15) is 9.59 Å². The lowest BCUT2D eigenvalue weighted by Gasteiger charge is -2.38. The van der Waals surface area contributed by atoms with Crippen LogP contribution in [0, 0.1) is 11.8 Å². The highest BCUT2D eigenvalue weighted by Gasteiger charge is 2.30. The maximum Gasteiger partial charge on any atom is 0.223 e. The van der Waals surface area contributed by atoms with Gasteiger partial charge in [0.05, 0.1) is 0 Å². The van der Waals surface area contributed by atoms with Crippen molar-refractivity contribution in [2.75, 3.05) is 19.6 Å². The molecule has 164 valence electrons. The number of rotatable bonds is 6. The Kier molecular flexibility index (Phi) is 7.59. The van der Waals surface area contributed by atoms with Crippen molar-refractivity contribution in [3.05, 3.63) is 35.9 Å². The third-order valence-corrected chi connectivity index (χ3v) is 7.75. The quantitative estimate of drug-likeness (QED) is 0.740. The van der Waals surface area contributed by atoms with Gasteiger partial charge >= 0.3 is 0 Å². The fourth-order valence-corrected chi connectivity index (χ4v) is 5.82. The third-order valence-electron chi connectivity index (χ3n) is 7.75. The molecule has 3 fully saturated rings. The van der Waals surface area contributed by atoms with Crippen molar-refractivity contribution in [3.63, 3.8) is 0 Å². The first-order valence-corrected chi connectivity index (χ1v) is 12.3. The molecule has 1 saturated heterocycles. The molecule has 1 unspecified atom stereocenters. The lowest BCUT2D eigenvalue weighted by Crippen LogP contribution is -2.47. The van der Waals surface area contributed by atoms with E-state index in [2.05, 4.69) is 40.5 Å². The summed E-state index contributed by atoms with van der Waals surface area (Å²) in [5.74, 6) is 2.00. The molecule has 1 heterocycles. The minimum atomic E-state index is 0.0505. The molecule has 0 bridgehead atoms. The van der Waals surface area contributed by atoms with Crippen LogP contribution in [0.2, 0.25) is 0 Å². The van der Waals surface area contributed by atoms with Gasteiger partial charge in [-0.1, -0.05) is 49.6 Å². The Morgan fingerprint density at radius 1 is 0.933 bits per heavy atom. The van der Waals surface area contributed by atoms with Gasteiger partial charge < -0.3 is 10.2 Å². The maximum absolute atomic E-state index is 12.6. The normalized spacial score (nSPS) is 23.9. The molecule has 0 spiro atoms. The van der Waals surface area contributed by atoms with Gasteiger partial charge in [0.25, 0.3) is 0 Å². The van der Waals surface area contributed by atoms with E-state index >= 15 is 0 Å². The van der Waals surface area contributed by atoms with E-state index in [4.69, 9.17) is 0 Å². The van der Waals surface area contributed by atoms with Gasteiger partial charge in [0, 0.05) is 44.4 Å². The topological polar surface area (TPSA) is 49.4 Å². The van der Waals surface area contributed by atoms with Crippen LogP contribution in [-0.2, 0) is 9.59 Å². The number of hydrogen-bond acceptors (Lipinski definition) is 3. The van der Waals surface area contributed by atoms with Crippen LogP contribution in [0.1, 0.15) is 82.1 Å². The predicted molar refractivity (Wildman–Crippen MR) is 120 cm³/mol. The average molecular weight is 411 g/mol. The summed E-state index contributed by atoms with van der Waals surface area (Å²) in [7, 11) is 0. The average Bonchev–Trinajstić information content (AvgIpc) is 2.80. The van der Waals surface area contributed by atoms with Crippen LogP contribution in [0.25, 0.3) is 0 Å². The van der Waals surface area contributed by atoms with Crippen molar-refractivity contribution in [2.45, 2.75) is 82.6 Å². The van der Waals surface area contributed by atoms with Crippen LogP contribution >= 0.6 is 0 Å². The Morgan fingerprint density at radius 3 is 2.27 bits per heavy atom. The first kappa shape index (κ1) is 21.5. The fourth-order valence-electron chi connectivity index (χ4n) is 5.82. The molecule has 30 heavy (non-hydrogen) atoms. The van der Waals surface area contributed by atoms with Crippen molar-refractivity contribution in [1.82, 2.24) is 10.2 Å². The Hall–Kier alpha value is -1.68. The molecule has 1 aromatic carbocycles. The first-order valence-electron chi connectivity index (χ1n) is 12.3. The lowest BCUT2D eigenvalue weighted by molar-refractivity contribution is -0.129. The summed E-state index contributed by atoms with van der Waals surface area (Å²) in [6.07, 6.45) is 11.6. The van der Waals surface area contributed by atoms with Gasteiger partial charge in [-0.25, -0.2) is 0 Å². The van der Waals surface area contributed by atoms with E-state index in [0.717, 1.165) is 51.2 Å². The number of Topliss-reactive ketones (excluding diaryl/α,β-unsaturated/α-hetero) is 1. The van der Waals surface area contributed by atoms with Crippen molar-refractivity contribution >= 4 is 11.7 Å². The zero-order chi connectivity index (χ0) is 20.8. The second-order valence-electron chi connectivity index (χ2n) is 9.81. The second kappa shape index (κ2) is 10.6. The zero-order valence-electron chi connectivity index (χ0n) is 18.4. The number of likely N-dealkylation sites (tertiary alicyclic amines) is 1. The number of hydrogen-bond donors (Lipinski definition) is 1. The van der Waals surface area contributed by atoms with Crippen LogP contribution in [0.4, 0.5) is 0 Å². The minimum Gasteiger partial charge on any atom is -0.353 e. The molecule has 1 amide bonds. The lowest BCUT2D eigenvalue weighted by atomic mass is 9.76. The Bertz CT molecular complexity index is 680. The molecule has 1 aromatic rings. The predicted octanol–water partition coefficient (Wildman–Crippen LogP) is 4.69. The van der Waals surface area contributed by atoms with Crippen LogP contribution in [-0.4, -0.2) is 42.3 Å². The third kappa shape index (κ3) is 5.72. The summed E-state index contributed by atoms with van der Waals surface area (Å²) in [5.41, 5.74) is 1.51. The van der Waals surface area contributed by atoms with E-state index in [-0.39, 0.29) is 11.8 Å². The highest BCUT2D eigenvalue weighted by atomic mass is 16.2. The molecule has 1 aliphatic heterocycles. The minimum absolute atomic E-state index is 0.0505. The number of benzene rings is 1. The maximum atomic E-state index is 12.6. The summed E-state index contributed by atoms with van der Waals surface area (Å²) >= 11 is 0. The SMILES string of the molecule is O=C1CCC(C(=O)NC2CCN(CC(c3ccccc3)C3CCCCC3)CC2)CC1. The number of carbonyl (C=O) groups excluding carboxylic acids is 2. The van der Waals surface area contributed by atoms with Gasteiger partial charge in [-0.2, -0.15) is 0 Å². The van der Waals surface area contributed by atoms with E-state index in [1.54, 1.807) is 0 Å². The first-order chi connectivity index (χ1) is 14.7. The number of amides is 1. The van der Waals surface area contributed by atoms with Gasteiger partial charge in [0.1, 0.15) is 5.78 Å². The van der Waals surface area contributed by atoms with Gasteiger partial charge in [-0.15, -0.1) is 0 Å². The van der Waals surface area contributed by atoms with Crippen LogP contribution in [0.5, 0.6) is 0 Å². The van der Waals surface area contributed by atoms with E-state index in [1.165, 1.54) is 37.7 Å². The Balaban J connectivity index is 1.28. The smallest absolute Gasteiger partial charge is 0.223 e. The summed E-state index contributed by atoms with van der Waals surface area (Å²) in [6.45, 7) is 3.30. The molecular formula is C26H38N2O2. The molecule has 2 saturated carbocycles. The highest BCUT2D eigenvalue weighted by molar-refractivity contribution is 5.84. The zero-order valence-corrected chi connectivity index (χ0v) is 18.4. The number of nitrogens with one attached hydrogen (secondary N) is 1. The van der Waals surface area contributed by atoms with Gasteiger partial charge in [-0.3, -0.25) is 9.59 Å². The molecule has 4 heteroatoms. The van der Waals surface area contributed by atoms with Crippen molar-refractivity contribution < 1.29 is 9.59 Å². The van der Waals surface area contributed by atoms with Gasteiger partial charge in [0.15, 0.2) is 0 Å². The van der Waals surface area contributed by atoms with E-state index in [1.807, 2.05) is 0 Å². The molecule has 0 aromatic heterocycles. The van der Waals surface area contributed by atoms with Crippen molar-refractivity contribution in [2.24, 2.45) is 11.8 Å². The van der Waals surface area contributed by atoms with Gasteiger partial charge in [-0.05, 0) is 55.9 Å². The van der Waals surface area contributed by atoms with E-state index in [0.29, 0.717) is 30.6 Å². The monoisotopic (exact) mass is 410 g/mol. The molecule has 1 atom stereocenters. The molecular weight excluding hydrogens is 372 g/mol. The number of ketones is 1. The van der Waals surface area contributed by atoms with Crippen molar-refractivity contribution in [3.8, 4) is 0 Å². The number of carbonyl (C=O) groups is 2. The Labute approximate surface area is 181 Å². The standard InChI is InChI=1S/C26H38N2O2/c29-24-13-11-22(12-14-24)26(30)27-23-15-17-28(18-16-23)19-25(20-7-3-1-4-8-20)21-9-5-2-6-10-21/h1,3-4,7-8,21-23,25H,2,5-6,9-19H2,(H,27,30). The summed E-state index contributed by atoms with van der Waals surface area (Å²) in [6, 6.07) is 11.4. The van der Waals surface area contributed by atoms with E-state index < -0.39 is 0 Å². The van der Waals surface area contributed by atoms with Crippen molar-refractivity contribution in [1.29, 1.82) is 0 Å². The number of piperidine rings is 1. The van der Waals surface area contributed by atoms with Gasteiger partial charge in [0.2, 0.25) is 5.91 Å². The fraction of sp³-hybridized carbons (Fsp3) is 0.692. The Morgan fingerprint density at radius 2 is 1.60 bits per heavy atom. The largest absolute Gasteiger partial charge is 0.353 e. The van der Waals surface area contributed by atoms with Crippen LogP contribution in [0.15, 0.2) is 30.3 Å². The number of nitrogens with zero attached hydrogens (tertiary/aromatic N) is 1. The molecule has 4 nitrogen and oxygen atoms in total. The molecule has 1 N–H and O–H groups in total. The van der Waals surface area contributed by atoms with Crippen LogP contribution in [0.3, 0.4) is 0 Å². The molecule has 2 aliphatic carbocycles. The molecule has 0 radical (unpaired) electrons. The summed E-state index contributed by atoms with van der Waals surface area (Å²) < 4.78 is 0. The summed E-state index contributed by atoms with van der Waals surface area (Å²) in [4.78, 5) is 26.6. The van der Waals surface area contributed by atoms with Crippen LogP contribution < -0.4 is 5.32 Å².